The first kappa shape index (κ1) is 21.8. The molecule has 0 radical (unpaired) electrons. The fraction of sp³-hybridized carbons (Fsp3) is 0.385. The molecule has 6 rings (SSSR count). The van der Waals surface area contributed by atoms with Gasteiger partial charge in [-0.2, -0.15) is 0 Å². The summed E-state index contributed by atoms with van der Waals surface area (Å²) in [4.78, 5) is 55.0. The number of imide groups is 1. The van der Waals surface area contributed by atoms with Gasteiger partial charge in [-0.1, -0.05) is 12.1 Å². The Bertz CT molecular complexity index is 1220. The summed E-state index contributed by atoms with van der Waals surface area (Å²) in [6.07, 6.45) is 1.57. The van der Waals surface area contributed by atoms with Gasteiger partial charge in [-0.05, 0) is 54.3 Å². The van der Waals surface area contributed by atoms with E-state index in [2.05, 4.69) is 17.4 Å². The molecule has 9 heteroatoms. The maximum Gasteiger partial charge on any atom is 0.329 e. The third kappa shape index (κ3) is 3.76. The number of anilines is 2. The van der Waals surface area contributed by atoms with Gasteiger partial charge in [-0.15, -0.1) is 0 Å². The van der Waals surface area contributed by atoms with Gasteiger partial charge in [0.15, 0.2) is 0 Å². The Morgan fingerprint density at radius 1 is 0.886 bits per heavy atom. The third-order valence-corrected chi connectivity index (χ3v) is 7.43. The minimum Gasteiger partial charge on any atom is -0.381 e. The molecule has 0 aliphatic carbocycles. The molecule has 5 amide bonds. The Labute approximate surface area is 202 Å². The van der Waals surface area contributed by atoms with Gasteiger partial charge in [0.25, 0.3) is 5.91 Å². The highest BCUT2D eigenvalue weighted by atomic mass is 16.5. The Kier molecular flexibility index (Phi) is 5.29. The molecule has 180 valence electrons. The molecular weight excluding hydrogens is 448 g/mol. The zero-order valence-electron chi connectivity index (χ0n) is 19.2. The number of nitrogens with one attached hydrogen (secondary N) is 1. The van der Waals surface area contributed by atoms with E-state index in [1.54, 1.807) is 21.9 Å². The molecule has 0 spiro atoms. The zero-order valence-corrected chi connectivity index (χ0v) is 19.2. The molecule has 3 saturated heterocycles. The Balaban J connectivity index is 1.17. The van der Waals surface area contributed by atoms with Gasteiger partial charge in [-0.25, -0.2) is 4.79 Å². The maximum absolute atomic E-state index is 13.3. The molecule has 4 aliphatic heterocycles. The van der Waals surface area contributed by atoms with E-state index < -0.39 is 11.9 Å². The zero-order chi connectivity index (χ0) is 24.1. The first-order valence-corrected chi connectivity index (χ1v) is 12.0. The van der Waals surface area contributed by atoms with Crippen molar-refractivity contribution < 1.29 is 23.9 Å². The van der Waals surface area contributed by atoms with Gasteiger partial charge in [-0.3, -0.25) is 29.5 Å². The number of carbonyl (C=O) groups excluding carboxylic acids is 4. The van der Waals surface area contributed by atoms with Crippen LogP contribution in [0.3, 0.4) is 0 Å². The predicted octanol–water partition coefficient (Wildman–Crippen LogP) is 2.40. The molecule has 0 bridgehead atoms. The third-order valence-electron chi connectivity index (χ3n) is 7.43. The summed E-state index contributed by atoms with van der Waals surface area (Å²) >= 11 is 0. The van der Waals surface area contributed by atoms with Crippen molar-refractivity contribution in [2.45, 2.75) is 37.8 Å². The SMILES string of the molecule is O=C1CCC(N2Cc3cc(N4CCN(c5ccc(C6CCOC6)cc5)C4=O)ccc3C2=O)C(=O)N1. The number of fused-ring (bicyclic) bond motifs is 1. The molecule has 35 heavy (non-hydrogen) atoms. The fourth-order valence-electron chi connectivity index (χ4n) is 5.47. The van der Waals surface area contributed by atoms with E-state index in [1.807, 2.05) is 18.2 Å². The number of ether oxygens (including phenoxy) is 1. The lowest BCUT2D eigenvalue weighted by Gasteiger charge is -2.29. The van der Waals surface area contributed by atoms with Crippen LogP contribution >= 0.6 is 0 Å². The van der Waals surface area contributed by atoms with Crippen molar-refractivity contribution in [3.63, 3.8) is 0 Å². The average Bonchev–Trinajstić information content (AvgIpc) is 3.59. The topological polar surface area (TPSA) is 99.3 Å². The van der Waals surface area contributed by atoms with Gasteiger partial charge in [0.1, 0.15) is 6.04 Å². The molecular formula is C26H26N4O5. The number of hydrogen-bond donors (Lipinski definition) is 1. The van der Waals surface area contributed by atoms with Crippen molar-refractivity contribution in [2.75, 3.05) is 36.1 Å². The van der Waals surface area contributed by atoms with Gasteiger partial charge in [0.05, 0.1) is 6.61 Å². The van der Waals surface area contributed by atoms with Crippen LogP contribution in [-0.4, -0.2) is 61.0 Å². The molecule has 4 heterocycles. The monoisotopic (exact) mass is 474 g/mol. The van der Waals surface area contributed by atoms with Crippen LogP contribution in [-0.2, 0) is 20.9 Å². The van der Waals surface area contributed by atoms with E-state index in [4.69, 9.17) is 4.74 Å². The van der Waals surface area contributed by atoms with E-state index in [0.29, 0.717) is 31.0 Å². The normalized spacial score (nSPS) is 24.4. The Morgan fingerprint density at radius 2 is 1.63 bits per heavy atom. The lowest BCUT2D eigenvalue weighted by atomic mass is 9.98. The summed E-state index contributed by atoms with van der Waals surface area (Å²) in [6, 6.07) is 12.8. The first-order valence-electron chi connectivity index (χ1n) is 12.0. The number of piperidine rings is 1. The second kappa shape index (κ2) is 8.49. The minimum atomic E-state index is -0.654. The second-order valence-electron chi connectivity index (χ2n) is 9.48. The van der Waals surface area contributed by atoms with Gasteiger partial charge in [0.2, 0.25) is 11.8 Å². The van der Waals surface area contributed by atoms with Crippen molar-refractivity contribution in [2.24, 2.45) is 0 Å². The number of benzene rings is 2. The predicted molar refractivity (Wildman–Crippen MR) is 127 cm³/mol. The van der Waals surface area contributed by atoms with Crippen molar-refractivity contribution >= 4 is 35.1 Å². The fourth-order valence-corrected chi connectivity index (χ4v) is 5.47. The van der Waals surface area contributed by atoms with Crippen molar-refractivity contribution in [3.8, 4) is 0 Å². The van der Waals surface area contributed by atoms with Gasteiger partial charge < -0.3 is 9.64 Å². The first-order chi connectivity index (χ1) is 17.0. The quantitative estimate of drug-likeness (QED) is 0.686. The van der Waals surface area contributed by atoms with Crippen LogP contribution in [0.1, 0.15) is 46.7 Å². The highest BCUT2D eigenvalue weighted by Gasteiger charge is 2.40. The molecule has 1 N–H and O–H groups in total. The van der Waals surface area contributed by atoms with E-state index in [-0.39, 0.29) is 30.8 Å². The van der Waals surface area contributed by atoms with Crippen LogP contribution in [0.4, 0.5) is 16.2 Å². The van der Waals surface area contributed by atoms with Gasteiger partial charge in [0, 0.05) is 55.5 Å². The Hall–Kier alpha value is -3.72. The van der Waals surface area contributed by atoms with E-state index >= 15 is 0 Å². The van der Waals surface area contributed by atoms with Crippen LogP contribution < -0.4 is 15.1 Å². The summed E-state index contributed by atoms with van der Waals surface area (Å²) in [5.41, 5.74) is 4.15. The van der Waals surface area contributed by atoms with Crippen molar-refractivity contribution in [1.29, 1.82) is 0 Å². The highest BCUT2D eigenvalue weighted by Crippen LogP contribution is 2.33. The number of carbonyl (C=O) groups is 4. The number of urea groups is 1. The van der Waals surface area contributed by atoms with Crippen LogP contribution in [0.5, 0.6) is 0 Å². The number of nitrogens with zero attached hydrogens (tertiary/aromatic N) is 3. The lowest BCUT2D eigenvalue weighted by molar-refractivity contribution is -0.136. The molecule has 9 nitrogen and oxygen atoms in total. The molecule has 0 aromatic heterocycles. The molecule has 2 aromatic carbocycles. The number of amides is 5. The Morgan fingerprint density at radius 3 is 2.34 bits per heavy atom. The number of hydrogen-bond acceptors (Lipinski definition) is 5. The largest absolute Gasteiger partial charge is 0.381 e. The summed E-state index contributed by atoms with van der Waals surface area (Å²) in [5.74, 6) is -0.539. The molecule has 3 fully saturated rings. The second-order valence-corrected chi connectivity index (χ2v) is 9.48. The molecule has 2 atom stereocenters. The lowest BCUT2D eigenvalue weighted by Crippen LogP contribution is -2.52. The molecule has 2 aromatic rings. The van der Waals surface area contributed by atoms with E-state index in [0.717, 1.165) is 36.6 Å². The number of rotatable bonds is 4. The van der Waals surface area contributed by atoms with Gasteiger partial charge >= 0.3 is 6.03 Å². The summed E-state index contributed by atoms with van der Waals surface area (Å²) in [6.45, 7) is 2.94. The summed E-state index contributed by atoms with van der Waals surface area (Å²) < 4.78 is 5.48. The maximum atomic E-state index is 13.3. The standard InChI is InChI=1S/C26H26N4O5/c31-23-8-7-22(24(32)27-23)30-14-18-13-20(5-6-21(18)25(30)33)29-11-10-28(26(29)34)19-3-1-16(2-4-19)17-9-12-35-15-17/h1-6,13,17,22H,7-12,14-15H2,(H,27,31,32). The summed E-state index contributed by atoms with van der Waals surface area (Å²) in [7, 11) is 0. The van der Waals surface area contributed by atoms with E-state index in [9.17, 15) is 19.2 Å². The van der Waals surface area contributed by atoms with Crippen LogP contribution in [0.25, 0.3) is 0 Å². The van der Waals surface area contributed by atoms with Crippen LogP contribution in [0.2, 0.25) is 0 Å². The minimum absolute atomic E-state index is 0.103. The van der Waals surface area contributed by atoms with Crippen LogP contribution in [0, 0.1) is 0 Å². The molecule has 2 unspecified atom stereocenters. The average molecular weight is 475 g/mol. The van der Waals surface area contributed by atoms with E-state index in [1.165, 1.54) is 10.5 Å². The smallest absolute Gasteiger partial charge is 0.329 e. The highest BCUT2D eigenvalue weighted by molar-refractivity contribution is 6.08. The van der Waals surface area contributed by atoms with Crippen molar-refractivity contribution in [1.82, 2.24) is 10.2 Å². The van der Waals surface area contributed by atoms with Crippen LogP contribution in [0.15, 0.2) is 42.5 Å². The molecule has 0 saturated carbocycles. The summed E-state index contributed by atoms with van der Waals surface area (Å²) in [5, 5.41) is 2.32. The molecule has 4 aliphatic rings. The van der Waals surface area contributed by atoms with Crippen molar-refractivity contribution in [3.05, 3.63) is 59.2 Å².